The average Bonchev–Trinajstić information content (AvgIpc) is 2.78. The van der Waals surface area contributed by atoms with E-state index < -0.39 is 0 Å². The number of rotatable bonds is 5. The number of fused-ring (bicyclic) bond motifs is 1. The lowest BCUT2D eigenvalue weighted by atomic mass is 10.0. The Kier molecular flexibility index (Phi) is 4.15. The van der Waals surface area contributed by atoms with Crippen LogP contribution in [0.4, 0.5) is 0 Å². The maximum absolute atomic E-state index is 5.40. The summed E-state index contributed by atoms with van der Waals surface area (Å²) in [6.45, 7) is 2.11. The van der Waals surface area contributed by atoms with Gasteiger partial charge in [0.05, 0.1) is 6.10 Å². The summed E-state index contributed by atoms with van der Waals surface area (Å²) >= 11 is 1.82. The van der Waals surface area contributed by atoms with Crippen LogP contribution >= 0.6 is 11.3 Å². The number of nitrogens with one attached hydrogen (secondary N) is 1. The molecule has 2 unspecified atom stereocenters. The molecule has 2 atom stereocenters. The highest BCUT2D eigenvalue weighted by Gasteiger charge is 2.16. The molecule has 2 rings (SSSR count). The van der Waals surface area contributed by atoms with Crippen LogP contribution in [-0.2, 0) is 11.2 Å². The molecule has 0 aliphatic heterocycles. The second kappa shape index (κ2) is 5.63. The molecule has 1 aromatic heterocycles. The summed E-state index contributed by atoms with van der Waals surface area (Å²) in [5.41, 5.74) is 1.41. The molecular weight excluding hydrogens is 230 g/mol. The molecule has 0 saturated carbocycles. The largest absolute Gasteiger partial charge is 0.380 e. The molecule has 0 fully saturated rings. The van der Waals surface area contributed by atoms with E-state index in [4.69, 9.17) is 4.74 Å². The van der Waals surface area contributed by atoms with E-state index in [1.807, 2.05) is 18.4 Å². The van der Waals surface area contributed by atoms with Gasteiger partial charge in [-0.2, -0.15) is 0 Å². The Bertz CT molecular complexity index is 480. The van der Waals surface area contributed by atoms with Gasteiger partial charge < -0.3 is 10.1 Å². The summed E-state index contributed by atoms with van der Waals surface area (Å²) < 4.78 is 6.77. The van der Waals surface area contributed by atoms with Gasteiger partial charge in [0.1, 0.15) is 0 Å². The molecule has 0 spiro atoms. The first-order valence-corrected chi connectivity index (χ1v) is 6.79. The lowest BCUT2D eigenvalue weighted by Crippen LogP contribution is -2.38. The summed E-state index contributed by atoms with van der Waals surface area (Å²) in [6.07, 6.45) is 1.23. The quantitative estimate of drug-likeness (QED) is 0.879. The van der Waals surface area contributed by atoms with Gasteiger partial charge in [-0.05, 0) is 42.8 Å². The van der Waals surface area contributed by atoms with Crippen LogP contribution in [0.25, 0.3) is 10.1 Å². The maximum Gasteiger partial charge on any atom is 0.0699 e. The molecule has 1 aromatic carbocycles. The fourth-order valence-corrected chi connectivity index (χ4v) is 3.07. The fourth-order valence-electron chi connectivity index (χ4n) is 2.09. The Balaban J connectivity index is 2.22. The van der Waals surface area contributed by atoms with Crippen molar-refractivity contribution in [2.75, 3.05) is 14.2 Å². The van der Waals surface area contributed by atoms with Crippen molar-refractivity contribution in [2.24, 2.45) is 0 Å². The molecular formula is C14H19NOS. The number of thiophene rings is 1. The Morgan fingerprint density at radius 2 is 2.12 bits per heavy atom. The molecule has 3 heteroatoms. The maximum atomic E-state index is 5.40. The second-order valence-electron chi connectivity index (χ2n) is 4.30. The van der Waals surface area contributed by atoms with E-state index in [0.717, 1.165) is 6.42 Å². The number of ether oxygens (including phenoxy) is 1. The summed E-state index contributed by atoms with van der Waals surface area (Å²) in [4.78, 5) is 0. The average molecular weight is 249 g/mol. The van der Waals surface area contributed by atoms with E-state index in [2.05, 4.69) is 41.9 Å². The zero-order valence-electron chi connectivity index (χ0n) is 10.6. The van der Waals surface area contributed by atoms with Crippen molar-refractivity contribution in [1.82, 2.24) is 5.32 Å². The highest BCUT2D eigenvalue weighted by atomic mass is 32.1. The van der Waals surface area contributed by atoms with Crippen molar-refractivity contribution in [3.8, 4) is 0 Å². The Labute approximate surface area is 107 Å². The van der Waals surface area contributed by atoms with Crippen LogP contribution in [0.2, 0.25) is 0 Å². The van der Waals surface area contributed by atoms with E-state index in [9.17, 15) is 0 Å². The molecule has 0 aliphatic rings. The SMILES string of the molecule is CNC(Cc1csc2ccccc12)C(C)OC. The molecule has 2 aromatic rings. The van der Waals surface area contributed by atoms with Crippen molar-refractivity contribution < 1.29 is 4.74 Å². The summed E-state index contributed by atoms with van der Waals surface area (Å²) in [5, 5.41) is 6.97. The minimum absolute atomic E-state index is 0.221. The molecule has 17 heavy (non-hydrogen) atoms. The molecule has 0 saturated heterocycles. The van der Waals surface area contributed by atoms with Crippen LogP contribution in [-0.4, -0.2) is 26.3 Å². The second-order valence-corrected chi connectivity index (χ2v) is 5.21. The predicted molar refractivity (Wildman–Crippen MR) is 74.8 cm³/mol. The Morgan fingerprint density at radius 1 is 1.35 bits per heavy atom. The van der Waals surface area contributed by atoms with Crippen LogP contribution in [0, 0.1) is 0 Å². The zero-order valence-corrected chi connectivity index (χ0v) is 11.4. The van der Waals surface area contributed by atoms with Gasteiger partial charge >= 0.3 is 0 Å². The number of hydrogen-bond donors (Lipinski definition) is 1. The number of benzene rings is 1. The van der Waals surface area contributed by atoms with Crippen molar-refractivity contribution in [3.05, 3.63) is 35.2 Å². The highest BCUT2D eigenvalue weighted by Crippen LogP contribution is 2.27. The number of likely N-dealkylation sites (N-methyl/N-ethyl adjacent to an activating group) is 1. The Morgan fingerprint density at radius 3 is 2.82 bits per heavy atom. The molecule has 92 valence electrons. The lowest BCUT2D eigenvalue weighted by Gasteiger charge is -2.22. The van der Waals surface area contributed by atoms with E-state index in [1.165, 1.54) is 15.6 Å². The smallest absolute Gasteiger partial charge is 0.0699 e. The van der Waals surface area contributed by atoms with Crippen molar-refractivity contribution in [1.29, 1.82) is 0 Å². The van der Waals surface area contributed by atoms with Crippen molar-refractivity contribution in [3.63, 3.8) is 0 Å². The van der Waals surface area contributed by atoms with E-state index in [0.29, 0.717) is 6.04 Å². The Hall–Kier alpha value is -0.900. The third-order valence-electron chi connectivity index (χ3n) is 3.31. The summed E-state index contributed by atoms with van der Waals surface area (Å²) in [5.74, 6) is 0. The predicted octanol–water partition coefficient (Wildman–Crippen LogP) is 3.07. The normalized spacial score (nSPS) is 15.0. The minimum Gasteiger partial charge on any atom is -0.380 e. The van der Waals surface area contributed by atoms with E-state index in [1.54, 1.807) is 7.11 Å². The monoisotopic (exact) mass is 249 g/mol. The van der Waals surface area contributed by atoms with Crippen LogP contribution in [0.1, 0.15) is 12.5 Å². The summed E-state index contributed by atoms with van der Waals surface area (Å²) in [6, 6.07) is 8.93. The third-order valence-corrected chi connectivity index (χ3v) is 4.32. The fraction of sp³-hybridized carbons (Fsp3) is 0.429. The molecule has 1 N–H and O–H groups in total. The first kappa shape index (κ1) is 12.6. The molecule has 1 heterocycles. The third kappa shape index (κ3) is 2.68. The van der Waals surface area contributed by atoms with Crippen molar-refractivity contribution in [2.45, 2.75) is 25.5 Å². The highest BCUT2D eigenvalue weighted by molar-refractivity contribution is 7.17. The van der Waals surface area contributed by atoms with Gasteiger partial charge in [-0.3, -0.25) is 0 Å². The van der Waals surface area contributed by atoms with Gasteiger partial charge in [0, 0.05) is 17.9 Å². The van der Waals surface area contributed by atoms with Gasteiger partial charge in [-0.25, -0.2) is 0 Å². The first-order valence-electron chi connectivity index (χ1n) is 5.91. The van der Waals surface area contributed by atoms with Crippen LogP contribution in [0.5, 0.6) is 0 Å². The van der Waals surface area contributed by atoms with Crippen molar-refractivity contribution >= 4 is 21.4 Å². The lowest BCUT2D eigenvalue weighted by molar-refractivity contribution is 0.0858. The molecule has 0 radical (unpaired) electrons. The number of hydrogen-bond acceptors (Lipinski definition) is 3. The van der Waals surface area contributed by atoms with Gasteiger partial charge in [0.25, 0.3) is 0 Å². The summed E-state index contributed by atoms with van der Waals surface area (Å²) in [7, 11) is 3.76. The van der Waals surface area contributed by atoms with Gasteiger partial charge in [-0.15, -0.1) is 11.3 Å². The molecule has 0 aliphatic carbocycles. The van der Waals surface area contributed by atoms with Crippen LogP contribution in [0.15, 0.2) is 29.6 Å². The van der Waals surface area contributed by atoms with Gasteiger partial charge in [0.2, 0.25) is 0 Å². The van der Waals surface area contributed by atoms with E-state index in [-0.39, 0.29) is 6.10 Å². The molecule has 0 amide bonds. The number of methoxy groups -OCH3 is 1. The first-order chi connectivity index (χ1) is 8.26. The topological polar surface area (TPSA) is 21.3 Å². The minimum atomic E-state index is 0.221. The van der Waals surface area contributed by atoms with Crippen LogP contribution in [0.3, 0.4) is 0 Å². The zero-order chi connectivity index (χ0) is 12.3. The van der Waals surface area contributed by atoms with Gasteiger partial charge in [-0.1, -0.05) is 18.2 Å². The van der Waals surface area contributed by atoms with E-state index >= 15 is 0 Å². The molecule has 2 nitrogen and oxygen atoms in total. The standard InChI is InChI=1S/C14H19NOS/c1-10(16-3)13(15-2)8-11-9-17-14-7-5-4-6-12(11)14/h4-7,9-10,13,15H,8H2,1-3H3. The molecule has 0 bridgehead atoms. The van der Waals surface area contributed by atoms with Crippen LogP contribution < -0.4 is 5.32 Å². The van der Waals surface area contributed by atoms with Gasteiger partial charge in [0.15, 0.2) is 0 Å².